The summed E-state index contributed by atoms with van der Waals surface area (Å²) in [4.78, 5) is 11.1. The zero-order valence-corrected chi connectivity index (χ0v) is 15.0. The summed E-state index contributed by atoms with van der Waals surface area (Å²) in [5.74, 6) is 0.849. The number of ether oxygens (including phenoxy) is 1. The van der Waals surface area contributed by atoms with Crippen molar-refractivity contribution in [2.24, 2.45) is 0 Å². The number of aldehydes is 1. The number of nitrogens with zero attached hydrogens (tertiary/aromatic N) is 1. The van der Waals surface area contributed by atoms with E-state index in [1.165, 1.54) is 5.69 Å². The predicted octanol–water partition coefficient (Wildman–Crippen LogP) is 5.23. The van der Waals surface area contributed by atoms with Crippen molar-refractivity contribution in [2.45, 2.75) is 26.7 Å². The molecule has 0 spiro atoms. The maximum Gasteiger partial charge on any atom is 0.150 e. The lowest BCUT2D eigenvalue weighted by Gasteiger charge is -2.17. The topological polar surface area (TPSA) is 31.2 Å². The monoisotopic (exact) mass is 333 g/mol. The Bertz CT molecular complexity index is 876. The van der Waals surface area contributed by atoms with E-state index in [1.54, 1.807) is 7.11 Å². The molecular weight excluding hydrogens is 310 g/mol. The summed E-state index contributed by atoms with van der Waals surface area (Å²) in [5.41, 5.74) is 6.47. The van der Waals surface area contributed by atoms with Gasteiger partial charge in [-0.15, -0.1) is 0 Å². The molecule has 0 atom stereocenters. The molecular formula is C22H23NO2. The fraction of sp³-hybridized carbons (Fsp3) is 0.227. The zero-order valence-electron chi connectivity index (χ0n) is 15.0. The van der Waals surface area contributed by atoms with Crippen molar-refractivity contribution < 1.29 is 9.53 Å². The van der Waals surface area contributed by atoms with Gasteiger partial charge >= 0.3 is 0 Å². The maximum atomic E-state index is 11.1. The van der Waals surface area contributed by atoms with Gasteiger partial charge in [-0.25, -0.2) is 0 Å². The summed E-state index contributed by atoms with van der Waals surface area (Å²) in [5, 5.41) is 0. The van der Waals surface area contributed by atoms with Crippen LogP contribution in [0.3, 0.4) is 0 Å². The molecule has 3 rings (SSSR count). The molecule has 25 heavy (non-hydrogen) atoms. The van der Waals surface area contributed by atoms with Gasteiger partial charge in [0.2, 0.25) is 0 Å². The van der Waals surface area contributed by atoms with E-state index in [2.05, 4.69) is 42.7 Å². The largest absolute Gasteiger partial charge is 0.497 e. The summed E-state index contributed by atoms with van der Waals surface area (Å²) in [6.07, 6.45) is 2.98. The van der Waals surface area contributed by atoms with Crippen molar-refractivity contribution in [3.8, 4) is 22.7 Å². The fourth-order valence-corrected chi connectivity index (χ4v) is 3.20. The van der Waals surface area contributed by atoms with Crippen LogP contribution in [0.15, 0.2) is 54.6 Å². The molecule has 3 nitrogen and oxygen atoms in total. The van der Waals surface area contributed by atoms with E-state index >= 15 is 0 Å². The van der Waals surface area contributed by atoms with Crippen LogP contribution < -0.4 is 4.74 Å². The smallest absolute Gasteiger partial charge is 0.150 e. The van der Waals surface area contributed by atoms with Gasteiger partial charge in [-0.3, -0.25) is 4.79 Å². The van der Waals surface area contributed by atoms with Crippen molar-refractivity contribution in [2.75, 3.05) is 7.11 Å². The van der Waals surface area contributed by atoms with E-state index in [1.807, 2.05) is 30.3 Å². The molecule has 0 aliphatic carbocycles. The zero-order chi connectivity index (χ0) is 17.8. The maximum absolute atomic E-state index is 11.1. The third kappa shape index (κ3) is 3.36. The summed E-state index contributed by atoms with van der Waals surface area (Å²) >= 11 is 0. The van der Waals surface area contributed by atoms with Gasteiger partial charge in [0.15, 0.2) is 0 Å². The van der Waals surface area contributed by atoms with Crippen LogP contribution in [0.25, 0.3) is 16.9 Å². The molecule has 0 bridgehead atoms. The molecule has 128 valence electrons. The van der Waals surface area contributed by atoms with E-state index in [4.69, 9.17) is 4.74 Å². The molecule has 1 heterocycles. The number of hydrogen-bond donors (Lipinski definition) is 0. The quantitative estimate of drug-likeness (QED) is 0.579. The molecule has 3 aromatic rings. The van der Waals surface area contributed by atoms with Crippen LogP contribution in [0.4, 0.5) is 0 Å². The van der Waals surface area contributed by atoms with Crippen LogP contribution in [0.1, 0.15) is 35.0 Å². The first kappa shape index (κ1) is 17.0. The fourth-order valence-electron chi connectivity index (χ4n) is 3.20. The number of carbonyl (C=O) groups is 1. The lowest BCUT2D eigenvalue weighted by Crippen LogP contribution is -2.04. The Balaban J connectivity index is 2.16. The average Bonchev–Trinajstić information content (AvgIpc) is 3.05. The van der Waals surface area contributed by atoms with Gasteiger partial charge < -0.3 is 9.30 Å². The summed E-state index contributed by atoms with van der Waals surface area (Å²) < 4.78 is 7.57. The number of aryl methyl sites for hydroxylation is 2. The Morgan fingerprint density at radius 2 is 1.80 bits per heavy atom. The number of carbonyl (C=O) groups excluding carboxylic acids is 1. The lowest BCUT2D eigenvalue weighted by atomic mass is 10.1. The van der Waals surface area contributed by atoms with Crippen molar-refractivity contribution in [3.05, 3.63) is 71.4 Å². The van der Waals surface area contributed by atoms with Crippen LogP contribution in [-0.2, 0) is 6.42 Å². The first-order valence-electron chi connectivity index (χ1n) is 8.59. The van der Waals surface area contributed by atoms with E-state index in [0.29, 0.717) is 5.56 Å². The van der Waals surface area contributed by atoms with Gasteiger partial charge in [0.1, 0.15) is 12.0 Å². The van der Waals surface area contributed by atoms with E-state index in [0.717, 1.165) is 47.4 Å². The first-order chi connectivity index (χ1) is 12.2. The highest BCUT2D eigenvalue weighted by atomic mass is 16.5. The van der Waals surface area contributed by atoms with Gasteiger partial charge in [0.25, 0.3) is 0 Å². The molecule has 0 aliphatic rings. The van der Waals surface area contributed by atoms with E-state index in [-0.39, 0.29) is 0 Å². The second-order valence-corrected chi connectivity index (χ2v) is 6.19. The Kier molecular flexibility index (Phi) is 5.03. The highest BCUT2D eigenvalue weighted by Gasteiger charge is 2.13. The van der Waals surface area contributed by atoms with Crippen molar-refractivity contribution in [3.63, 3.8) is 0 Å². The Labute approximate surface area is 148 Å². The summed E-state index contributed by atoms with van der Waals surface area (Å²) in [7, 11) is 1.68. The van der Waals surface area contributed by atoms with E-state index < -0.39 is 0 Å². The first-order valence-corrected chi connectivity index (χ1v) is 8.59. The van der Waals surface area contributed by atoms with Gasteiger partial charge in [0.05, 0.1) is 12.8 Å². The SMILES string of the molecule is CCCc1ccc(-c2ccc(OC)cc2)n1-c1ccc(C=O)cc1C. The minimum Gasteiger partial charge on any atom is -0.497 e. The molecule has 0 fully saturated rings. The second-order valence-electron chi connectivity index (χ2n) is 6.19. The van der Waals surface area contributed by atoms with E-state index in [9.17, 15) is 4.79 Å². The lowest BCUT2D eigenvalue weighted by molar-refractivity contribution is 0.112. The normalized spacial score (nSPS) is 10.7. The van der Waals surface area contributed by atoms with Gasteiger partial charge in [-0.2, -0.15) is 0 Å². The Hall–Kier alpha value is -2.81. The minimum atomic E-state index is 0.705. The average molecular weight is 333 g/mol. The third-order valence-corrected chi connectivity index (χ3v) is 4.45. The Morgan fingerprint density at radius 3 is 2.40 bits per heavy atom. The highest BCUT2D eigenvalue weighted by Crippen LogP contribution is 2.30. The van der Waals surface area contributed by atoms with Crippen molar-refractivity contribution in [1.29, 1.82) is 0 Å². The molecule has 0 saturated carbocycles. The summed E-state index contributed by atoms with van der Waals surface area (Å²) in [6.45, 7) is 4.24. The number of benzene rings is 2. The van der Waals surface area contributed by atoms with Crippen molar-refractivity contribution >= 4 is 6.29 Å². The Morgan fingerprint density at radius 1 is 1.04 bits per heavy atom. The van der Waals surface area contributed by atoms with Crippen LogP contribution >= 0.6 is 0 Å². The molecule has 0 N–H and O–H groups in total. The van der Waals surface area contributed by atoms with Crippen LogP contribution in [-0.4, -0.2) is 18.0 Å². The highest BCUT2D eigenvalue weighted by molar-refractivity contribution is 5.76. The molecule has 3 heteroatoms. The van der Waals surface area contributed by atoms with Gasteiger partial charge in [-0.1, -0.05) is 13.3 Å². The van der Waals surface area contributed by atoms with Gasteiger partial charge in [-0.05, 0) is 79.1 Å². The number of hydrogen-bond acceptors (Lipinski definition) is 2. The second kappa shape index (κ2) is 7.39. The molecule has 0 radical (unpaired) electrons. The third-order valence-electron chi connectivity index (χ3n) is 4.45. The molecule has 1 aromatic heterocycles. The molecule has 0 saturated heterocycles. The number of rotatable bonds is 6. The molecule has 0 amide bonds. The number of methoxy groups -OCH3 is 1. The molecule has 0 unspecified atom stereocenters. The molecule has 2 aromatic carbocycles. The van der Waals surface area contributed by atoms with Gasteiger partial charge in [0, 0.05) is 16.9 Å². The van der Waals surface area contributed by atoms with Crippen LogP contribution in [0.2, 0.25) is 0 Å². The summed E-state index contributed by atoms with van der Waals surface area (Å²) in [6, 6.07) is 18.3. The predicted molar refractivity (Wildman–Crippen MR) is 102 cm³/mol. The minimum absolute atomic E-state index is 0.705. The standard InChI is InChI=1S/C22H23NO2/c1-4-5-19-9-13-22(18-7-10-20(25-3)11-8-18)23(19)21-12-6-17(15-24)14-16(21)2/h6-15H,4-5H2,1-3H3. The number of aromatic nitrogens is 1. The molecule has 0 aliphatic heterocycles. The van der Waals surface area contributed by atoms with Crippen molar-refractivity contribution in [1.82, 2.24) is 4.57 Å². The van der Waals surface area contributed by atoms with Crippen LogP contribution in [0.5, 0.6) is 5.75 Å². The van der Waals surface area contributed by atoms with Crippen LogP contribution in [0, 0.1) is 6.92 Å².